The van der Waals surface area contributed by atoms with E-state index in [1.165, 1.54) is 30.8 Å². The van der Waals surface area contributed by atoms with Crippen molar-refractivity contribution in [2.24, 2.45) is 0 Å². The summed E-state index contributed by atoms with van der Waals surface area (Å²) < 4.78 is 40.6. The number of halogens is 1. The molecule has 1 aromatic carbocycles. The second-order valence-electron chi connectivity index (χ2n) is 7.62. The molecule has 0 saturated carbocycles. The second kappa shape index (κ2) is 11.6. The van der Waals surface area contributed by atoms with Crippen LogP contribution >= 0.6 is 22.9 Å². The molecule has 0 unspecified atom stereocenters. The number of sulfonamides is 1. The standard InChI is InChI=1S/C24H24ClN5O4S2/c1-3-4-5-9-16-12-13-19(35-16)36(31,32)30-22-20(34-18-11-7-6-10-17(18)33-2)21(25)28-24(29-22)23-26-14-8-15-27-23/h6-8,10-15H,3-5,9H2,1-2H3,(H,28,29,30). The van der Waals surface area contributed by atoms with E-state index in [1.807, 2.05) is 6.07 Å². The summed E-state index contributed by atoms with van der Waals surface area (Å²) in [4.78, 5) is 17.9. The van der Waals surface area contributed by atoms with Gasteiger partial charge in [0.25, 0.3) is 10.0 Å². The molecule has 0 saturated heterocycles. The first-order chi connectivity index (χ1) is 17.4. The lowest BCUT2D eigenvalue weighted by Crippen LogP contribution is -2.14. The van der Waals surface area contributed by atoms with E-state index < -0.39 is 10.0 Å². The quantitative estimate of drug-likeness (QED) is 0.181. The molecule has 4 aromatic rings. The lowest BCUT2D eigenvalue weighted by molar-refractivity contribution is 0.378. The molecule has 188 valence electrons. The van der Waals surface area contributed by atoms with E-state index in [1.54, 1.807) is 36.4 Å². The molecule has 0 aliphatic rings. The van der Waals surface area contributed by atoms with Crippen molar-refractivity contribution in [2.45, 2.75) is 36.8 Å². The van der Waals surface area contributed by atoms with Gasteiger partial charge in [-0.2, -0.15) is 0 Å². The summed E-state index contributed by atoms with van der Waals surface area (Å²) in [6.45, 7) is 2.13. The van der Waals surface area contributed by atoms with Gasteiger partial charge in [0.2, 0.25) is 11.6 Å². The van der Waals surface area contributed by atoms with Crippen LogP contribution in [0.2, 0.25) is 5.15 Å². The molecule has 12 heteroatoms. The number of thiophene rings is 1. The topological polar surface area (TPSA) is 116 Å². The number of aryl methyl sites for hydroxylation is 1. The van der Waals surface area contributed by atoms with E-state index >= 15 is 0 Å². The Balaban J connectivity index is 1.73. The van der Waals surface area contributed by atoms with Crippen LogP contribution in [0.15, 0.2) is 59.1 Å². The fraction of sp³-hybridized carbons (Fsp3) is 0.250. The number of anilines is 1. The van der Waals surface area contributed by atoms with Crippen molar-refractivity contribution in [3.63, 3.8) is 0 Å². The predicted octanol–water partition coefficient (Wildman–Crippen LogP) is 5.98. The molecule has 3 aromatic heterocycles. The number of aromatic nitrogens is 4. The van der Waals surface area contributed by atoms with E-state index in [0.717, 1.165) is 30.6 Å². The summed E-state index contributed by atoms with van der Waals surface area (Å²) >= 11 is 7.69. The van der Waals surface area contributed by atoms with Crippen molar-refractivity contribution in [2.75, 3.05) is 11.8 Å². The summed E-state index contributed by atoms with van der Waals surface area (Å²) in [6.07, 6.45) is 7.05. The summed E-state index contributed by atoms with van der Waals surface area (Å²) in [7, 11) is -2.51. The Hall–Kier alpha value is -3.28. The summed E-state index contributed by atoms with van der Waals surface area (Å²) in [5.41, 5.74) is 0. The molecule has 0 atom stereocenters. The van der Waals surface area contributed by atoms with E-state index in [2.05, 4.69) is 31.6 Å². The summed E-state index contributed by atoms with van der Waals surface area (Å²) in [5.74, 6) is 0.723. The predicted molar refractivity (Wildman–Crippen MR) is 139 cm³/mol. The molecule has 0 radical (unpaired) electrons. The Morgan fingerprint density at radius 2 is 1.72 bits per heavy atom. The number of methoxy groups -OCH3 is 1. The van der Waals surface area contributed by atoms with Gasteiger partial charge in [-0.25, -0.2) is 28.4 Å². The average Bonchev–Trinajstić information content (AvgIpc) is 3.37. The SMILES string of the molecule is CCCCCc1ccc(S(=O)(=O)Nc2nc(-c3ncccn3)nc(Cl)c2Oc2ccccc2OC)s1. The van der Waals surface area contributed by atoms with Crippen LogP contribution in [0.25, 0.3) is 11.6 Å². The molecule has 9 nitrogen and oxygen atoms in total. The van der Waals surface area contributed by atoms with Crippen LogP contribution in [-0.4, -0.2) is 35.5 Å². The third-order valence-electron chi connectivity index (χ3n) is 5.03. The molecule has 0 fully saturated rings. The van der Waals surface area contributed by atoms with Crippen LogP contribution in [0.1, 0.15) is 31.1 Å². The highest BCUT2D eigenvalue weighted by Gasteiger charge is 2.25. The van der Waals surface area contributed by atoms with Gasteiger partial charge in [0.15, 0.2) is 28.3 Å². The van der Waals surface area contributed by atoms with E-state index in [4.69, 9.17) is 21.1 Å². The van der Waals surface area contributed by atoms with Crippen LogP contribution in [0.5, 0.6) is 17.2 Å². The van der Waals surface area contributed by atoms with Crippen LogP contribution in [0.3, 0.4) is 0 Å². The number of para-hydroxylation sites is 2. The van der Waals surface area contributed by atoms with Gasteiger partial charge in [-0.3, -0.25) is 4.72 Å². The number of unbranched alkanes of at least 4 members (excludes halogenated alkanes) is 2. The normalized spacial score (nSPS) is 11.3. The number of benzene rings is 1. The minimum Gasteiger partial charge on any atom is -0.493 e. The van der Waals surface area contributed by atoms with Gasteiger partial charge < -0.3 is 9.47 Å². The maximum Gasteiger partial charge on any atom is 0.272 e. The molecule has 0 amide bonds. The minimum absolute atomic E-state index is 0.0390. The van der Waals surface area contributed by atoms with Gasteiger partial charge in [-0.05, 0) is 43.2 Å². The largest absolute Gasteiger partial charge is 0.493 e. The lowest BCUT2D eigenvalue weighted by atomic mass is 10.2. The number of nitrogens with zero attached hydrogens (tertiary/aromatic N) is 4. The lowest BCUT2D eigenvalue weighted by Gasteiger charge is -2.15. The van der Waals surface area contributed by atoms with Crippen LogP contribution < -0.4 is 14.2 Å². The van der Waals surface area contributed by atoms with Gasteiger partial charge in [0.05, 0.1) is 7.11 Å². The van der Waals surface area contributed by atoms with E-state index in [9.17, 15) is 8.42 Å². The summed E-state index contributed by atoms with van der Waals surface area (Å²) in [5, 5.41) is -0.123. The highest BCUT2D eigenvalue weighted by atomic mass is 35.5. The molecule has 3 heterocycles. The fourth-order valence-electron chi connectivity index (χ4n) is 3.27. The average molecular weight is 546 g/mol. The van der Waals surface area contributed by atoms with Crippen molar-refractivity contribution in [3.05, 3.63) is 64.9 Å². The molecule has 4 rings (SSSR count). The third kappa shape index (κ3) is 6.10. The first-order valence-corrected chi connectivity index (χ1v) is 13.9. The van der Waals surface area contributed by atoms with Gasteiger partial charge in [0.1, 0.15) is 4.21 Å². The molecule has 0 spiro atoms. The molecule has 36 heavy (non-hydrogen) atoms. The van der Waals surface area contributed by atoms with Crippen LogP contribution in [-0.2, 0) is 16.4 Å². The van der Waals surface area contributed by atoms with Crippen molar-refractivity contribution >= 4 is 38.8 Å². The number of hydrogen-bond donors (Lipinski definition) is 1. The monoisotopic (exact) mass is 545 g/mol. The Bertz CT molecular complexity index is 1430. The maximum atomic E-state index is 13.3. The Labute approximate surface area is 218 Å². The third-order valence-corrected chi connectivity index (χ3v) is 8.26. The first-order valence-electron chi connectivity index (χ1n) is 11.2. The zero-order chi connectivity index (χ0) is 25.5. The highest BCUT2D eigenvalue weighted by Crippen LogP contribution is 2.40. The van der Waals surface area contributed by atoms with Gasteiger partial charge >= 0.3 is 0 Å². The highest BCUT2D eigenvalue weighted by molar-refractivity contribution is 7.94. The second-order valence-corrected chi connectivity index (χ2v) is 11.1. The zero-order valence-corrected chi connectivity index (χ0v) is 22.0. The number of nitrogens with one attached hydrogen (secondary N) is 1. The molecule has 1 N–H and O–H groups in total. The van der Waals surface area contributed by atoms with Gasteiger partial charge in [-0.1, -0.05) is 43.5 Å². The Morgan fingerprint density at radius 3 is 2.44 bits per heavy atom. The summed E-state index contributed by atoms with van der Waals surface area (Å²) in [6, 6.07) is 11.9. The zero-order valence-electron chi connectivity index (χ0n) is 19.6. The fourth-order valence-corrected chi connectivity index (χ4v) is 5.88. The smallest absolute Gasteiger partial charge is 0.272 e. The number of rotatable bonds is 11. The first kappa shape index (κ1) is 25.8. The van der Waals surface area contributed by atoms with Gasteiger partial charge in [-0.15, -0.1) is 11.3 Å². The van der Waals surface area contributed by atoms with E-state index in [-0.39, 0.29) is 32.6 Å². The van der Waals surface area contributed by atoms with Crippen LogP contribution in [0, 0.1) is 0 Å². The molecule has 0 aliphatic carbocycles. The van der Waals surface area contributed by atoms with Crippen molar-refractivity contribution in [3.8, 4) is 28.9 Å². The number of ether oxygens (including phenoxy) is 2. The van der Waals surface area contributed by atoms with Crippen LogP contribution in [0.4, 0.5) is 5.82 Å². The van der Waals surface area contributed by atoms with Gasteiger partial charge in [0, 0.05) is 17.3 Å². The van der Waals surface area contributed by atoms with E-state index in [0.29, 0.717) is 11.5 Å². The molecule has 0 bridgehead atoms. The van der Waals surface area contributed by atoms with Crippen molar-refractivity contribution in [1.82, 2.24) is 19.9 Å². The molecular weight excluding hydrogens is 522 g/mol. The molecular formula is C24H24ClN5O4S2. The maximum absolute atomic E-state index is 13.3. The Morgan fingerprint density at radius 1 is 0.972 bits per heavy atom. The Kier molecular flexibility index (Phi) is 8.34. The molecule has 0 aliphatic heterocycles. The van der Waals surface area contributed by atoms with Crippen molar-refractivity contribution < 1.29 is 17.9 Å². The van der Waals surface area contributed by atoms with Crippen molar-refractivity contribution in [1.29, 1.82) is 0 Å². The minimum atomic E-state index is -4.00. The number of hydrogen-bond acceptors (Lipinski definition) is 9.